The van der Waals surface area contributed by atoms with E-state index in [9.17, 15) is 0 Å². The minimum Gasteiger partial charge on any atom is -0.310 e. The largest absolute Gasteiger partial charge is 0.310 e. The molecule has 2 nitrogen and oxygen atoms in total. The molecule has 2 aromatic heterocycles. The van der Waals surface area contributed by atoms with Crippen molar-refractivity contribution in [2.24, 2.45) is 5.41 Å². The van der Waals surface area contributed by atoms with Crippen LogP contribution in [0.1, 0.15) is 56.9 Å². The first kappa shape index (κ1) is 29.6. The number of hydrogen-bond acceptors (Lipinski definition) is 4. The molecule has 0 radical (unpaired) electrons. The van der Waals surface area contributed by atoms with Crippen molar-refractivity contribution in [2.45, 2.75) is 59.8 Å². The molecule has 0 unspecified atom stereocenters. The first-order chi connectivity index (χ1) is 23.6. The van der Waals surface area contributed by atoms with Gasteiger partial charge in [0.25, 0.3) is 6.71 Å². The molecule has 5 heteroatoms. The summed E-state index contributed by atoms with van der Waals surface area (Å²) in [5.74, 6) is 0. The van der Waals surface area contributed by atoms with Gasteiger partial charge in [-0.25, -0.2) is 0 Å². The maximum atomic E-state index is 2.62. The van der Waals surface area contributed by atoms with E-state index in [1.165, 1.54) is 91.6 Å². The van der Waals surface area contributed by atoms with Gasteiger partial charge in [0, 0.05) is 52.5 Å². The molecular weight excluding hydrogens is 631 g/mol. The molecule has 4 heterocycles. The first-order valence-corrected chi connectivity index (χ1v) is 19.2. The molecule has 240 valence electrons. The lowest BCUT2D eigenvalue weighted by Crippen LogP contribution is -2.59. The van der Waals surface area contributed by atoms with E-state index < -0.39 is 0 Å². The van der Waals surface area contributed by atoms with Crippen LogP contribution in [0.15, 0.2) is 103 Å². The van der Waals surface area contributed by atoms with Gasteiger partial charge in [-0.1, -0.05) is 83.1 Å². The van der Waals surface area contributed by atoms with Gasteiger partial charge in [0.15, 0.2) is 0 Å². The Kier molecular flexibility index (Phi) is 6.11. The van der Waals surface area contributed by atoms with Crippen LogP contribution in [0.25, 0.3) is 20.2 Å². The summed E-state index contributed by atoms with van der Waals surface area (Å²) >= 11 is 4.02. The third-order valence-electron chi connectivity index (χ3n) is 11.0. The Morgan fingerprint density at radius 1 is 0.633 bits per heavy atom. The normalized spacial score (nSPS) is 15.8. The predicted molar refractivity (Wildman–Crippen MR) is 216 cm³/mol. The van der Waals surface area contributed by atoms with Crippen molar-refractivity contribution in [1.82, 2.24) is 0 Å². The molecule has 7 aromatic rings. The Morgan fingerprint density at radius 2 is 1.20 bits per heavy atom. The van der Waals surface area contributed by atoms with Crippen molar-refractivity contribution in [1.29, 1.82) is 0 Å². The molecule has 0 amide bonds. The fraction of sp³-hybridized carbons (Fsp3) is 0.227. The van der Waals surface area contributed by atoms with Crippen LogP contribution in [-0.2, 0) is 18.3 Å². The highest BCUT2D eigenvalue weighted by molar-refractivity contribution is 7.40. The van der Waals surface area contributed by atoms with Gasteiger partial charge in [-0.2, -0.15) is 0 Å². The van der Waals surface area contributed by atoms with Crippen molar-refractivity contribution in [2.75, 3.05) is 9.80 Å². The Bertz CT molecular complexity index is 2480. The highest BCUT2D eigenvalue weighted by atomic mass is 32.1. The molecule has 10 rings (SSSR count). The summed E-state index contributed by atoms with van der Waals surface area (Å²) in [6, 6.07) is 39.5. The van der Waals surface area contributed by atoms with Crippen molar-refractivity contribution in [3.05, 3.63) is 125 Å². The average molecular weight is 671 g/mol. The van der Waals surface area contributed by atoms with Gasteiger partial charge in [-0.3, -0.25) is 0 Å². The van der Waals surface area contributed by atoms with Gasteiger partial charge in [0.1, 0.15) is 0 Å². The molecule has 0 saturated carbocycles. The topological polar surface area (TPSA) is 6.48 Å². The van der Waals surface area contributed by atoms with E-state index in [1.54, 1.807) is 0 Å². The zero-order valence-corrected chi connectivity index (χ0v) is 30.7. The van der Waals surface area contributed by atoms with Crippen LogP contribution in [0.4, 0.5) is 34.1 Å². The van der Waals surface area contributed by atoms with Crippen LogP contribution in [0.5, 0.6) is 0 Å². The Balaban J connectivity index is 1.32. The van der Waals surface area contributed by atoms with Gasteiger partial charge in [-0.05, 0) is 113 Å². The number of nitrogens with zero attached hydrogens (tertiary/aromatic N) is 2. The van der Waals surface area contributed by atoms with E-state index in [1.807, 2.05) is 22.7 Å². The summed E-state index contributed by atoms with van der Waals surface area (Å²) in [5, 5.41) is 2.74. The zero-order valence-electron chi connectivity index (χ0n) is 29.0. The van der Waals surface area contributed by atoms with Crippen LogP contribution >= 0.6 is 22.7 Å². The van der Waals surface area contributed by atoms with Crippen molar-refractivity contribution in [3.8, 4) is 0 Å². The van der Waals surface area contributed by atoms with E-state index in [0.717, 1.165) is 12.8 Å². The Morgan fingerprint density at radius 3 is 1.88 bits per heavy atom. The number of fused-ring (bicyclic) bond motifs is 9. The van der Waals surface area contributed by atoms with E-state index in [-0.39, 0.29) is 12.1 Å². The zero-order chi connectivity index (χ0) is 33.4. The summed E-state index contributed by atoms with van der Waals surface area (Å²) in [6.45, 7) is 14.2. The van der Waals surface area contributed by atoms with Crippen LogP contribution in [0.3, 0.4) is 0 Å². The Hall–Kier alpha value is -4.32. The summed E-state index contributed by atoms with van der Waals surface area (Å²) in [7, 11) is 0. The van der Waals surface area contributed by atoms with Gasteiger partial charge in [-0.15, -0.1) is 22.7 Å². The van der Waals surface area contributed by atoms with Crippen molar-refractivity contribution < 1.29 is 0 Å². The minimum atomic E-state index is 0.0926. The second kappa shape index (κ2) is 10.1. The second-order valence-electron chi connectivity index (χ2n) is 16.2. The number of anilines is 6. The monoisotopic (exact) mass is 670 g/mol. The fourth-order valence-corrected chi connectivity index (χ4v) is 11.6. The quantitative estimate of drug-likeness (QED) is 0.169. The molecule has 0 atom stereocenters. The summed E-state index contributed by atoms with van der Waals surface area (Å²) in [6.07, 6.45) is 2.29. The summed E-state index contributed by atoms with van der Waals surface area (Å²) in [5.41, 5.74) is 15.3. The second-order valence-corrected chi connectivity index (χ2v) is 18.4. The van der Waals surface area contributed by atoms with Crippen LogP contribution in [-0.4, -0.2) is 6.71 Å². The molecule has 5 aromatic carbocycles. The number of aryl methyl sites for hydroxylation is 1. The molecule has 49 heavy (non-hydrogen) atoms. The number of benzene rings is 5. The predicted octanol–water partition coefficient (Wildman–Crippen LogP) is 10.9. The lowest BCUT2D eigenvalue weighted by molar-refractivity contribution is 0.392. The minimum absolute atomic E-state index is 0.0926. The Labute approximate surface area is 297 Å². The summed E-state index contributed by atoms with van der Waals surface area (Å²) in [4.78, 5) is 5.18. The smallest absolute Gasteiger partial charge is 0.277 e. The molecular formula is C44H39BN2S2. The number of thiophene rings is 2. The summed E-state index contributed by atoms with van der Waals surface area (Å²) < 4.78 is 5.68. The average Bonchev–Trinajstić information content (AvgIpc) is 3.72. The molecule has 2 aliphatic heterocycles. The lowest BCUT2D eigenvalue weighted by Gasteiger charge is -2.42. The highest BCUT2D eigenvalue weighted by Crippen LogP contribution is 2.51. The lowest BCUT2D eigenvalue weighted by atomic mass is 9.39. The van der Waals surface area contributed by atoms with E-state index in [4.69, 9.17) is 0 Å². The number of rotatable bonds is 2. The molecule has 0 spiro atoms. The number of para-hydroxylation sites is 1. The third-order valence-corrected chi connectivity index (χ3v) is 13.4. The van der Waals surface area contributed by atoms with Crippen LogP contribution in [0.2, 0.25) is 0 Å². The maximum absolute atomic E-state index is 2.62. The van der Waals surface area contributed by atoms with Crippen molar-refractivity contribution in [3.63, 3.8) is 0 Å². The SMILES string of the molecule is Cc1cc2c3c(c1)N(c1ccc(C(C)(C)C)cc1)c1c(sc4cc5c(cc14)CC(C)(C)C5)B3c1sc3ccccc3c1N2c1ccccc1. The van der Waals surface area contributed by atoms with E-state index >= 15 is 0 Å². The fourth-order valence-electron chi connectivity index (χ4n) is 8.83. The molecule has 0 N–H and O–H groups in total. The molecule has 0 fully saturated rings. The van der Waals surface area contributed by atoms with E-state index in [0.29, 0.717) is 5.41 Å². The highest BCUT2D eigenvalue weighted by Gasteiger charge is 2.47. The number of hydrogen-bond donors (Lipinski definition) is 0. The maximum Gasteiger partial charge on any atom is 0.277 e. The van der Waals surface area contributed by atoms with Gasteiger partial charge >= 0.3 is 0 Å². The van der Waals surface area contributed by atoms with Crippen LogP contribution < -0.4 is 24.8 Å². The van der Waals surface area contributed by atoms with Gasteiger partial charge < -0.3 is 9.80 Å². The first-order valence-electron chi connectivity index (χ1n) is 17.6. The van der Waals surface area contributed by atoms with E-state index in [2.05, 4.69) is 154 Å². The van der Waals surface area contributed by atoms with Crippen LogP contribution in [0, 0.1) is 12.3 Å². The molecule has 3 aliphatic rings. The molecule has 0 saturated heterocycles. The molecule has 1 aliphatic carbocycles. The van der Waals surface area contributed by atoms with Gasteiger partial charge in [0.05, 0.1) is 11.4 Å². The van der Waals surface area contributed by atoms with Gasteiger partial charge in [0.2, 0.25) is 0 Å². The third kappa shape index (κ3) is 4.31. The molecule has 0 bridgehead atoms. The standard InChI is InChI=1S/C44H39BN2S2/c1-26-20-34-38-35(21-26)47(31-18-16-29(17-19-31)43(2,3)4)40-33-22-27-24-44(5,6)25-28(27)23-37(33)49-42(40)45(38)41-39(32-14-10-11-15-36(32)48-41)46(34)30-12-8-7-9-13-30/h7-23H,24-25H2,1-6H3. The van der Waals surface area contributed by atoms with Crippen molar-refractivity contribution >= 4 is 98.7 Å².